The number of aromatic nitrogens is 5. The molecular formula is C24H23FN6O2S. The van der Waals surface area contributed by atoms with Gasteiger partial charge in [0.15, 0.2) is 11.6 Å². The lowest BCUT2D eigenvalue weighted by molar-refractivity contribution is 0.102. The van der Waals surface area contributed by atoms with Crippen LogP contribution in [0.1, 0.15) is 47.2 Å². The molecule has 0 atom stereocenters. The van der Waals surface area contributed by atoms with Crippen LogP contribution in [0.5, 0.6) is 0 Å². The lowest BCUT2D eigenvalue weighted by atomic mass is 10.1. The first-order chi connectivity index (χ1) is 16.6. The maximum Gasteiger partial charge on any atom is 0.256 e. The Bertz CT molecular complexity index is 1330. The van der Waals surface area contributed by atoms with Crippen molar-refractivity contribution in [2.75, 3.05) is 5.32 Å². The molecule has 10 heteroatoms. The zero-order chi connectivity index (χ0) is 23.5. The molecule has 2 aromatic heterocycles. The van der Waals surface area contributed by atoms with Crippen LogP contribution in [0.3, 0.4) is 0 Å². The lowest BCUT2D eigenvalue weighted by Crippen LogP contribution is -2.13. The molecular weight excluding hydrogens is 455 g/mol. The highest BCUT2D eigenvalue weighted by Crippen LogP contribution is 2.29. The molecule has 0 spiro atoms. The number of carbonyl (C=O) groups is 1. The molecule has 5 rings (SSSR count). The number of hydrogen-bond acceptors (Lipinski definition) is 7. The molecule has 34 heavy (non-hydrogen) atoms. The van der Waals surface area contributed by atoms with Gasteiger partial charge in [-0.1, -0.05) is 23.7 Å². The number of halogens is 1. The first-order valence-electron chi connectivity index (χ1n) is 11.1. The number of benzene rings is 2. The Balaban J connectivity index is 1.37. The van der Waals surface area contributed by atoms with Crippen molar-refractivity contribution in [3.05, 3.63) is 71.4 Å². The Kier molecular flexibility index (Phi) is 6.39. The highest BCUT2D eigenvalue weighted by molar-refractivity contribution is 7.98. The number of anilines is 1. The zero-order valence-corrected chi connectivity index (χ0v) is 19.4. The van der Waals surface area contributed by atoms with E-state index in [1.807, 2.05) is 16.7 Å². The fourth-order valence-electron chi connectivity index (χ4n) is 3.98. The minimum Gasteiger partial charge on any atom is -0.338 e. The average molecular weight is 479 g/mol. The van der Waals surface area contributed by atoms with Crippen LogP contribution in [0.25, 0.3) is 11.4 Å². The van der Waals surface area contributed by atoms with Gasteiger partial charge in [-0.05, 0) is 50.1 Å². The second-order valence-corrected chi connectivity index (χ2v) is 9.09. The Morgan fingerprint density at radius 3 is 2.91 bits per heavy atom. The number of thioether (sulfide) groups is 1. The highest BCUT2D eigenvalue weighted by atomic mass is 32.2. The number of nitrogens with one attached hydrogen (secondary N) is 1. The number of nitrogens with zero attached hydrogens (tertiary/aromatic N) is 5. The smallest absolute Gasteiger partial charge is 0.256 e. The van der Waals surface area contributed by atoms with Crippen LogP contribution in [-0.4, -0.2) is 30.8 Å². The molecule has 0 fully saturated rings. The summed E-state index contributed by atoms with van der Waals surface area (Å²) in [6.07, 6.45) is 4.02. The minimum atomic E-state index is -0.400. The van der Waals surface area contributed by atoms with Crippen LogP contribution in [0, 0.1) is 12.7 Å². The van der Waals surface area contributed by atoms with Gasteiger partial charge in [0.25, 0.3) is 5.91 Å². The predicted molar refractivity (Wildman–Crippen MR) is 126 cm³/mol. The van der Waals surface area contributed by atoms with Gasteiger partial charge in [0.1, 0.15) is 11.6 Å². The summed E-state index contributed by atoms with van der Waals surface area (Å²) in [4.78, 5) is 18.1. The summed E-state index contributed by atoms with van der Waals surface area (Å²) in [6, 6.07) is 11.8. The normalized spacial score (nSPS) is 13.4. The zero-order valence-electron chi connectivity index (χ0n) is 18.6. The lowest BCUT2D eigenvalue weighted by Gasteiger charge is -2.12. The number of carbonyl (C=O) groups excluding carboxylic acids is 1. The summed E-state index contributed by atoms with van der Waals surface area (Å²) in [5, 5.41) is 15.2. The van der Waals surface area contributed by atoms with Crippen molar-refractivity contribution in [2.24, 2.45) is 0 Å². The topological polar surface area (TPSA) is 98.7 Å². The minimum absolute atomic E-state index is 0.289. The third-order valence-electron chi connectivity index (χ3n) is 5.63. The van der Waals surface area contributed by atoms with Crippen LogP contribution >= 0.6 is 11.8 Å². The quantitative estimate of drug-likeness (QED) is 0.387. The van der Waals surface area contributed by atoms with E-state index in [0.29, 0.717) is 40.1 Å². The van der Waals surface area contributed by atoms with Gasteiger partial charge in [0.2, 0.25) is 5.89 Å². The predicted octanol–water partition coefficient (Wildman–Crippen LogP) is 5.05. The van der Waals surface area contributed by atoms with E-state index in [1.54, 1.807) is 31.2 Å². The molecule has 2 aromatic carbocycles. The number of fused-ring (bicyclic) bond motifs is 1. The Labute approximate surface area is 200 Å². The van der Waals surface area contributed by atoms with Gasteiger partial charge in [0, 0.05) is 23.5 Å². The van der Waals surface area contributed by atoms with Crippen LogP contribution in [0.4, 0.5) is 10.1 Å². The molecule has 174 valence electrons. The van der Waals surface area contributed by atoms with Gasteiger partial charge >= 0.3 is 0 Å². The summed E-state index contributed by atoms with van der Waals surface area (Å²) in [5.74, 6) is 2.20. The van der Waals surface area contributed by atoms with Crippen molar-refractivity contribution >= 4 is 23.4 Å². The molecule has 0 aliphatic carbocycles. The van der Waals surface area contributed by atoms with E-state index in [4.69, 9.17) is 4.52 Å². The second-order valence-electron chi connectivity index (χ2n) is 8.07. The van der Waals surface area contributed by atoms with Gasteiger partial charge in [0.05, 0.1) is 16.9 Å². The van der Waals surface area contributed by atoms with E-state index in [-0.39, 0.29) is 5.91 Å². The third kappa shape index (κ3) is 4.72. The standard InChI is InChI=1S/C24H23FN6O2S/c1-15-26-22(33-30-15)14-34-20-8-5-4-7-17(20)24(32)27-16-10-11-19(25)18(13-16)23-29-28-21-9-3-2-6-12-31(21)23/h4-5,7-8,10-11,13H,2-3,6,9,12,14H2,1H3,(H,27,32). The molecule has 0 unspecified atom stereocenters. The van der Waals surface area contributed by atoms with Gasteiger partial charge in [-0.15, -0.1) is 22.0 Å². The number of amides is 1. The molecule has 8 nitrogen and oxygen atoms in total. The highest BCUT2D eigenvalue weighted by Gasteiger charge is 2.20. The molecule has 0 saturated carbocycles. The average Bonchev–Trinajstić information content (AvgIpc) is 3.37. The SMILES string of the molecule is Cc1noc(CSc2ccccc2C(=O)Nc2ccc(F)c(-c3nnc4n3CCCCC4)c2)n1. The van der Waals surface area contributed by atoms with E-state index in [0.717, 1.165) is 42.9 Å². The van der Waals surface area contributed by atoms with E-state index in [9.17, 15) is 9.18 Å². The van der Waals surface area contributed by atoms with E-state index >= 15 is 0 Å². The second kappa shape index (κ2) is 9.76. The molecule has 0 radical (unpaired) electrons. The molecule has 1 amide bonds. The van der Waals surface area contributed by atoms with Crippen LogP contribution in [0.2, 0.25) is 0 Å². The van der Waals surface area contributed by atoms with Crippen molar-refractivity contribution in [2.45, 2.75) is 49.8 Å². The maximum absolute atomic E-state index is 14.8. The fraction of sp³-hybridized carbons (Fsp3) is 0.292. The summed E-state index contributed by atoms with van der Waals surface area (Å²) < 4.78 is 21.9. The Morgan fingerprint density at radius 2 is 2.06 bits per heavy atom. The van der Waals surface area contributed by atoms with Gasteiger partial charge in [-0.25, -0.2) is 4.39 Å². The van der Waals surface area contributed by atoms with E-state index < -0.39 is 5.82 Å². The number of hydrogen-bond donors (Lipinski definition) is 1. The summed E-state index contributed by atoms with van der Waals surface area (Å²) in [7, 11) is 0. The Hall–Kier alpha value is -3.53. The van der Waals surface area contributed by atoms with E-state index in [2.05, 4.69) is 25.7 Å². The van der Waals surface area contributed by atoms with Crippen LogP contribution in [-0.2, 0) is 18.7 Å². The monoisotopic (exact) mass is 478 g/mol. The van der Waals surface area contributed by atoms with Crippen LogP contribution < -0.4 is 5.32 Å². The molecule has 4 aromatic rings. The maximum atomic E-state index is 14.8. The first kappa shape index (κ1) is 22.3. The van der Waals surface area contributed by atoms with Crippen molar-refractivity contribution in [3.8, 4) is 11.4 Å². The first-order valence-corrected chi connectivity index (χ1v) is 12.1. The van der Waals surface area contributed by atoms with Gasteiger partial charge in [-0.3, -0.25) is 4.79 Å². The molecule has 0 bridgehead atoms. The summed E-state index contributed by atoms with van der Waals surface area (Å²) in [5.41, 5.74) is 1.32. The molecule has 1 aliphatic rings. The van der Waals surface area contributed by atoms with Crippen LogP contribution in [0.15, 0.2) is 51.9 Å². The van der Waals surface area contributed by atoms with Crippen molar-refractivity contribution in [1.82, 2.24) is 24.9 Å². The van der Waals surface area contributed by atoms with Crippen molar-refractivity contribution in [3.63, 3.8) is 0 Å². The largest absolute Gasteiger partial charge is 0.338 e. The van der Waals surface area contributed by atoms with Crippen molar-refractivity contribution < 1.29 is 13.7 Å². The molecule has 1 N–H and O–H groups in total. The Morgan fingerprint density at radius 1 is 1.18 bits per heavy atom. The fourth-order valence-corrected chi connectivity index (χ4v) is 4.86. The molecule has 3 heterocycles. The molecule has 0 saturated heterocycles. The number of aryl methyl sites for hydroxylation is 2. The van der Waals surface area contributed by atoms with E-state index in [1.165, 1.54) is 17.8 Å². The summed E-state index contributed by atoms with van der Waals surface area (Å²) >= 11 is 1.43. The third-order valence-corrected chi connectivity index (χ3v) is 6.69. The number of rotatable bonds is 6. The van der Waals surface area contributed by atoms with Gasteiger partial charge in [-0.2, -0.15) is 4.98 Å². The van der Waals surface area contributed by atoms with Crippen molar-refractivity contribution in [1.29, 1.82) is 0 Å². The molecule has 1 aliphatic heterocycles. The van der Waals surface area contributed by atoms with Gasteiger partial charge < -0.3 is 14.4 Å². The summed E-state index contributed by atoms with van der Waals surface area (Å²) in [6.45, 7) is 2.52.